The molecule has 2 atom stereocenters. The summed E-state index contributed by atoms with van der Waals surface area (Å²) in [4.78, 5) is 24.5. The minimum Gasteiger partial charge on any atom is -0.480 e. The molecule has 2 N–H and O–H groups in total. The molecule has 6 nitrogen and oxygen atoms in total. The van der Waals surface area contributed by atoms with Crippen molar-refractivity contribution >= 4 is 12.1 Å². The lowest BCUT2D eigenvalue weighted by atomic mass is 9.98. The molecule has 0 bridgehead atoms. The Kier molecular flexibility index (Phi) is 4.95. The maximum atomic E-state index is 12.3. The molecule has 0 spiro atoms. The zero-order chi connectivity index (χ0) is 18.8. The van der Waals surface area contributed by atoms with E-state index in [0.717, 1.165) is 27.2 Å². The van der Waals surface area contributed by atoms with Crippen molar-refractivity contribution in [3.8, 4) is 11.1 Å². The summed E-state index contributed by atoms with van der Waals surface area (Å²) in [6.07, 6.45) is -1.99. The Bertz CT molecular complexity index is 787. The summed E-state index contributed by atoms with van der Waals surface area (Å²) in [7, 11) is 1.31. The van der Waals surface area contributed by atoms with E-state index in [1.54, 1.807) is 0 Å². The van der Waals surface area contributed by atoms with Gasteiger partial charge in [-0.15, -0.1) is 0 Å². The summed E-state index contributed by atoms with van der Waals surface area (Å²) in [6.45, 7) is 1.43. The molecule has 26 heavy (non-hydrogen) atoms. The number of nitrogens with zero attached hydrogens (tertiary/aromatic N) is 1. The Morgan fingerprint density at radius 3 is 2.04 bits per heavy atom. The summed E-state index contributed by atoms with van der Waals surface area (Å²) in [5, 5.41) is 18.8. The van der Waals surface area contributed by atoms with E-state index in [-0.39, 0.29) is 12.5 Å². The second-order valence-corrected chi connectivity index (χ2v) is 6.44. The van der Waals surface area contributed by atoms with Gasteiger partial charge in [0, 0.05) is 13.0 Å². The van der Waals surface area contributed by atoms with Gasteiger partial charge in [0.05, 0.1) is 6.10 Å². The highest BCUT2D eigenvalue weighted by atomic mass is 16.6. The van der Waals surface area contributed by atoms with Crippen LogP contribution in [-0.2, 0) is 9.53 Å². The topological polar surface area (TPSA) is 87.1 Å². The Morgan fingerprint density at radius 1 is 1.08 bits per heavy atom. The highest BCUT2D eigenvalue weighted by Gasteiger charge is 2.33. The molecule has 1 amide bonds. The minimum atomic E-state index is -1.36. The van der Waals surface area contributed by atoms with Crippen LogP contribution in [0.2, 0.25) is 0 Å². The quantitative estimate of drug-likeness (QED) is 0.861. The maximum absolute atomic E-state index is 12.3. The molecule has 1 aliphatic rings. The fourth-order valence-electron chi connectivity index (χ4n) is 3.50. The van der Waals surface area contributed by atoms with Gasteiger partial charge in [-0.25, -0.2) is 9.59 Å². The summed E-state index contributed by atoms with van der Waals surface area (Å²) < 4.78 is 5.40. The van der Waals surface area contributed by atoms with E-state index in [4.69, 9.17) is 4.74 Å². The average molecular weight is 355 g/mol. The van der Waals surface area contributed by atoms with Crippen LogP contribution in [0.1, 0.15) is 24.0 Å². The molecule has 0 heterocycles. The van der Waals surface area contributed by atoms with Crippen molar-refractivity contribution in [3.05, 3.63) is 59.7 Å². The lowest BCUT2D eigenvalue weighted by Gasteiger charge is -2.26. The lowest BCUT2D eigenvalue weighted by Crippen LogP contribution is -2.49. The molecule has 0 fully saturated rings. The highest BCUT2D eigenvalue weighted by Crippen LogP contribution is 2.44. The monoisotopic (exact) mass is 355 g/mol. The molecule has 2 aromatic rings. The van der Waals surface area contributed by atoms with Gasteiger partial charge in [0.25, 0.3) is 0 Å². The molecule has 0 saturated carbocycles. The second kappa shape index (κ2) is 7.17. The Labute approximate surface area is 151 Å². The third-order valence-electron chi connectivity index (χ3n) is 4.75. The first-order chi connectivity index (χ1) is 12.4. The normalized spacial score (nSPS) is 14.9. The third kappa shape index (κ3) is 3.15. The van der Waals surface area contributed by atoms with Gasteiger partial charge in [-0.1, -0.05) is 48.5 Å². The van der Waals surface area contributed by atoms with Crippen molar-refractivity contribution in [2.24, 2.45) is 0 Å². The Balaban J connectivity index is 1.78. The van der Waals surface area contributed by atoms with Crippen molar-refractivity contribution in [1.29, 1.82) is 0 Å². The molecule has 0 aromatic heterocycles. The Morgan fingerprint density at radius 2 is 1.58 bits per heavy atom. The van der Waals surface area contributed by atoms with E-state index >= 15 is 0 Å². The molecule has 0 saturated heterocycles. The molecule has 136 valence electrons. The van der Waals surface area contributed by atoms with Gasteiger partial charge in [-0.05, 0) is 29.2 Å². The van der Waals surface area contributed by atoms with Gasteiger partial charge >= 0.3 is 12.1 Å². The predicted molar refractivity (Wildman–Crippen MR) is 95.9 cm³/mol. The molecule has 3 rings (SSSR count). The third-order valence-corrected chi connectivity index (χ3v) is 4.75. The number of fused-ring (bicyclic) bond motifs is 3. The minimum absolute atomic E-state index is 0.101. The van der Waals surface area contributed by atoms with Gasteiger partial charge < -0.3 is 14.9 Å². The molecule has 0 unspecified atom stereocenters. The summed E-state index contributed by atoms with van der Waals surface area (Å²) >= 11 is 0. The number of carbonyl (C=O) groups is 2. The molecule has 0 aliphatic heterocycles. The zero-order valence-electron chi connectivity index (χ0n) is 14.6. The number of likely N-dealkylation sites (N-methyl/N-ethyl adjacent to an activating group) is 1. The van der Waals surface area contributed by atoms with Gasteiger partial charge in [-0.2, -0.15) is 0 Å². The van der Waals surface area contributed by atoms with Gasteiger partial charge in [0.1, 0.15) is 6.61 Å². The highest BCUT2D eigenvalue weighted by molar-refractivity contribution is 5.81. The van der Waals surface area contributed by atoms with E-state index in [1.165, 1.54) is 14.0 Å². The first-order valence-corrected chi connectivity index (χ1v) is 8.40. The summed E-state index contributed by atoms with van der Waals surface area (Å²) in [5.74, 6) is -1.38. The molecular weight excluding hydrogens is 334 g/mol. The largest absolute Gasteiger partial charge is 0.480 e. The number of rotatable bonds is 5. The predicted octanol–water partition coefficient (Wildman–Crippen LogP) is 2.70. The van der Waals surface area contributed by atoms with Crippen molar-refractivity contribution in [2.45, 2.75) is 25.0 Å². The zero-order valence-corrected chi connectivity index (χ0v) is 14.6. The average Bonchev–Trinajstić information content (AvgIpc) is 2.93. The van der Waals surface area contributed by atoms with Crippen LogP contribution in [0.4, 0.5) is 4.79 Å². The molecule has 1 aliphatic carbocycles. The number of ether oxygens (including phenoxy) is 1. The van der Waals surface area contributed by atoms with Crippen LogP contribution < -0.4 is 0 Å². The standard InChI is InChI=1S/C20H21NO5/c1-12(22)18(19(23)24)21(2)20(25)26-11-17-15-9-5-3-7-13(15)14-8-4-6-10-16(14)17/h3-10,12,17-18,22H,11H2,1-2H3,(H,23,24)/t12-,18+/m1/s1. The number of carbonyl (C=O) groups excluding carboxylic acids is 1. The maximum Gasteiger partial charge on any atom is 0.410 e. The lowest BCUT2D eigenvalue weighted by molar-refractivity contribution is -0.145. The van der Waals surface area contributed by atoms with Gasteiger partial charge in [-0.3, -0.25) is 4.90 Å². The van der Waals surface area contributed by atoms with Crippen LogP contribution in [0.5, 0.6) is 0 Å². The number of carboxylic acid groups (broad SMARTS) is 1. The number of benzene rings is 2. The summed E-state index contributed by atoms with van der Waals surface area (Å²) in [5.41, 5.74) is 4.39. The van der Waals surface area contributed by atoms with Crippen molar-refractivity contribution < 1.29 is 24.5 Å². The Hall–Kier alpha value is -2.86. The molecule has 6 heteroatoms. The van der Waals surface area contributed by atoms with Crippen molar-refractivity contribution in [3.63, 3.8) is 0 Å². The van der Waals surface area contributed by atoms with Crippen LogP contribution in [0.3, 0.4) is 0 Å². The summed E-state index contributed by atoms with van der Waals surface area (Å²) in [6, 6.07) is 14.6. The second-order valence-electron chi connectivity index (χ2n) is 6.44. The molecule has 0 radical (unpaired) electrons. The fraction of sp³-hybridized carbons (Fsp3) is 0.300. The molecule has 2 aromatic carbocycles. The van der Waals surface area contributed by atoms with E-state index in [2.05, 4.69) is 0 Å². The SMILES string of the molecule is C[C@@H](O)[C@@H](C(=O)O)N(C)C(=O)OCC1c2ccccc2-c2ccccc21. The first kappa shape index (κ1) is 17.9. The number of aliphatic carboxylic acids is 1. The van der Waals surface area contributed by atoms with Crippen molar-refractivity contribution in [1.82, 2.24) is 4.90 Å². The van der Waals surface area contributed by atoms with E-state index in [1.807, 2.05) is 48.5 Å². The number of carboxylic acids is 1. The van der Waals surface area contributed by atoms with Crippen LogP contribution in [0.15, 0.2) is 48.5 Å². The van der Waals surface area contributed by atoms with E-state index in [9.17, 15) is 19.8 Å². The van der Waals surface area contributed by atoms with Crippen LogP contribution >= 0.6 is 0 Å². The smallest absolute Gasteiger partial charge is 0.410 e. The van der Waals surface area contributed by atoms with Crippen LogP contribution in [0, 0.1) is 0 Å². The number of aliphatic hydroxyl groups excluding tert-OH is 1. The number of hydrogen-bond donors (Lipinski definition) is 2. The molecular formula is C20H21NO5. The number of hydrogen-bond acceptors (Lipinski definition) is 4. The first-order valence-electron chi connectivity index (χ1n) is 8.40. The van der Waals surface area contributed by atoms with Crippen LogP contribution in [0.25, 0.3) is 11.1 Å². The van der Waals surface area contributed by atoms with Gasteiger partial charge in [0.2, 0.25) is 0 Å². The fourth-order valence-corrected chi connectivity index (χ4v) is 3.50. The number of amides is 1. The van der Waals surface area contributed by atoms with Crippen molar-refractivity contribution in [2.75, 3.05) is 13.7 Å². The number of aliphatic hydroxyl groups is 1. The van der Waals surface area contributed by atoms with E-state index in [0.29, 0.717) is 0 Å². The van der Waals surface area contributed by atoms with Crippen LogP contribution in [-0.4, -0.2) is 53.0 Å². The van der Waals surface area contributed by atoms with E-state index < -0.39 is 24.2 Å². The van der Waals surface area contributed by atoms with Gasteiger partial charge in [0.15, 0.2) is 6.04 Å².